The molecule has 158 valence electrons. The van der Waals surface area contributed by atoms with Gasteiger partial charge in [-0.2, -0.15) is 0 Å². The number of para-hydroxylation sites is 1. The van der Waals surface area contributed by atoms with Crippen molar-refractivity contribution in [1.82, 2.24) is 4.98 Å². The highest BCUT2D eigenvalue weighted by atomic mass is 35.5. The van der Waals surface area contributed by atoms with Gasteiger partial charge < -0.3 is 19.8 Å². The van der Waals surface area contributed by atoms with Gasteiger partial charge in [-0.15, -0.1) is 0 Å². The lowest BCUT2D eigenvalue weighted by Crippen LogP contribution is -2.50. The van der Waals surface area contributed by atoms with Crippen molar-refractivity contribution in [3.63, 3.8) is 0 Å². The van der Waals surface area contributed by atoms with Crippen LogP contribution in [-0.4, -0.2) is 44.7 Å². The molecule has 2 heterocycles. The number of hydrogen-bond acceptors (Lipinski definition) is 5. The summed E-state index contributed by atoms with van der Waals surface area (Å²) in [5.74, 6) is -0.407. The molecule has 0 bridgehead atoms. The van der Waals surface area contributed by atoms with Crippen molar-refractivity contribution in [2.45, 2.75) is 17.4 Å². The van der Waals surface area contributed by atoms with Crippen LogP contribution in [0.25, 0.3) is 10.9 Å². The SMILES string of the molecule is CC1(C(=O)Nc2cccc(S(=O)(=O)Nc3cccc4c(Cl)c[nH]c34)c2)COCCO1. The van der Waals surface area contributed by atoms with Gasteiger partial charge in [-0.05, 0) is 31.2 Å². The fraction of sp³-hybridized carbons (Fsp3) is 0.250. The molecule has 0 spiro atoms. The highest BCUT2D eigenvalue weighted by molar-refractivity contribution is 7.92. The smallest absolute Gasteiger partial charge is 0.262 e. The summed E-state index contributed by atoms with van der Waals surface area (Å²) in [6, 6.07) is 11.1. The molecule has 1 aliphatic rings. The molecule has 8 nitrogen and oxygen atoms in total. The van der Waals surface area contributed by atoms with Gasteiger partial charge in [0.1, 0.15) is 0 Å². The van der Waals surface area contributed by atoms with Crippen LogP contribution in [0.3, 0.4) is 0 Å². The van der Waals surface area contributed by atoms with Gasteiger partial charge in [-0.1, -0.05) is 29.8 Å². The van der Waals surface area contributed by atoms with Crippen molar-refractivity contribution < 1.29 is 22.7 Å². The Hall–Kier alpha value is -2.59. The number of halogens is 1. The second-order valence-electron chi connectivity index (χ2n) is 7.08. The zero-order valence-corrected chi connectivity index (χ0v) is 17.6. The summed E-state index contributed by atoms with van der Waals surface area (Å²) in [6.07, 6.45) is 1.60. The number of aromatic amines is 1. The summed E-state index contributed by atoms with van der Waals surface area (Å²) in [5.41, 5.74) is 0.153. The van der Waals surface area contributed by atoms with Crippen LogP contribution in [0.2, 0.25) is 5.02 Å². The van der Waals surface area contributed by atoms with Gasteiger partial charge in [0.25, 0.3) is 15.9 Å². The lowest BCUT2D eigenvalue weighted by molar-refractivity contribution is -0.168. The van der Waals surface area contributed by atoms with Crippen molar-refractivity contribution in [1.29, 1.82) is 0 Å². The molecule has 1 atom stereocenters. The summed E-state index contributed by atoms with van der Waals surface area (Å²) in [6.45, 7) is 2.50. The number of fused-ring (bicyclic) bond motifs is 1. The highest BCUT2D eigenvalue weighted by Crippen LogP contribution is 2.30. The number of H-pyrrole nitrogens is 1. The van der Waals surface area contributed by atoms with Crippen LogP contribution in [-0.2, 0) is 24.3 Å². The van der Waals surface area contributed by atoms with Crippen molar-refractivity contribution in [2.75, 3.05) is 29.9 Å². The Morgan fingerprint density at radius 3 is 2.77 bits per heavy atom. The van der Waals surface area contributed by atoms with Gasteiger partial charge in [0.2, 0.25) is 0 Å². The number of ether oxygens (including phenoxy) is 2. The molecule has 1 aliphatic heterocycles. The number of anilines is 2. The van der Waals surface area contributed by atoms with Crippen LogP contribution < -0.4 is 10.0 Å². The number of carbonyl (C=O) groups is 1. The first-order valence-electron chi connectivity index (χ1n) is 9.20. The van der Waals surface area contributed by atoms with Gasteiger partial charge in [0.05, 0.1) is 40.9 Å². The maximum Gasteiger partial charge on any atom is 0.262 e. The first kappa shape index (κ1) is 20.7. The predicted molar refractivity (Wildman–Crippen MR) is 114 cm³/mol. The maximum atomic E-state index is 12.9. The van der Waals surface area contributed by atoms with E-state index in [0.717, 1.165) is 0 Å². The number of nitrogens with one attached hydrogen (secondary N) is 3. The monoisotopic (exact) mass is 449 g/mol. The summed E-state index contributed by atoms with van der Waals surface area (Å²) in [7, 11) is -3.91. The van der Waals surface area contributed by atoms with E-state index >= 15 is 0 Å². The van der Waals surface area contributed by atoms with Crippen LogP contribution >= 0.6 is 11.6 Å². The molecular weight excluding hydrogens is 430 g/mol. The van der Waals surface area contributed by atoms with Gasteiger partial charge in [-0.3, -0.25) is 9.52 Å². The standard InChI is InChI=1S/C20H20ClN3O5S/c1-20(12-28-8-9-29-20)19(25)23-13-4-2-5-14(10-13)30(26,27)24-17-7-3-6-15-16(21)11-22-18(15)17/h2-7,10-11,22,24H,8-9,12H2,1H3,(H,23,25). The number of hydrogen-bond donors (Lipinski definition) is 3. The Balaban J connectivity index is 1.57. The predicted octanol–water partition coefficient (Wildman–Crippen LogP) is 3.37. The second kappa shape index (κ2) is 7.92. The molecule has 30 heavy (non-hydrogen) atoms. The molecular formula is C20H20ClN3O5S. The molecule has 3 aromatic rings. The van der Waals surface area contributed by atoms with Crippen LogP contribution in [0.15, 0.2) is 53.6 Å². The molecule has 10 heteroatoms. The third-order valence-electron chi connectivity index (χ3n) is 4.82. The number of benzene rings is 2. The Morgan fingerprint density at radius 2 is 2.00 bits per heavy atom. The zero-order valence-electron chi connectivity index (χ0n) is 16.1. The Bertz CT molecular complexity index is 1200. The van der Waals surface area contributed by atoms with E-state index in [2.05, 4.69) is 15.0 Å². The van der Waals surface area contributed by atoms with Crippen LogP contribution in [0.4, 0.5) is 11.4 Å². The molecule has 4 rings (SSSR count). The fourth-order valence-electron chi connectivity index (χ4n) is 3.18. The van der Waals surface area contributed by atoms with Crippen molar-refractivity contribution in [3.05, 3.63) is 53.7 Å². The van der Waals surface area contributed by atoms with Gasteiger partial charge in [0.15, 0.2) is 5.60 Å². The minimum Gasteiger partial charge on any atom is -0.376 e. The van der Waals surface area contributed by atoms with Gasteiger partial charge >= 0.3 is 0 Å². The Kier molecular flexibility index (Phi) is 5.46. The van der Waals surface area contributed by atoms with E-state index in [0.29, 0.717) is 40.5 Å². The number of carbonyl (C=O) groups excluding carboxylic acids is 1. The molecule has 1 aromatic heterocycles. The second-order valence-corrected chi connectivity index (χ2v) is 9.17. The topological polar surface area (TPSA) is 110 Å². The third-order valence-corrected chi connectivity index (χ3v) is 6.49. The van der Waals surface area contributed by atoms with E-state index < -0.39 is 21.5 Å². The van der Waals surface area contributed by atoms with Crippen LogP contribution in [0, 0.1) is 0 Å². The quantitative estimate of drug-likeness (QED) is 0.553. The minimum atomic E-state index is -3.91. The molecule has 1 fully saturated rings. The zero-order chi connectivity index (χ0) is 21.4. The summed E-state index contributed by atoms with van der Waals surface area (Å²) >= 11 is 6.11. The summed E-state index contributed by atoms with van der Waals surface area (Å²) in [4.78, 5) is 15.6. The lowest BCUT2D eigenvalue weighted by Gasteiger charge is -2.32. The fourth-order valence-corrected chi connectivity index (χ4v) is 4.51. The van der Waals surface area contributed by atoms with E-state index in [4.69, 9.17) is 21.1 Å². The Labute approximate surface area is 178 Å². The first-order chi connectivity index (χ1) is 14.3. The number of aromatic nitrogens is 1. The highest BCUT2D eigenvalue weighted by Gasteiger charge is 2.37. The largest absolute Gasteiger partial charge is 0.376 e. The van der Waals surface area contributed by atoms with E-state index in [-0.39, 0.29) is 11.5 Å². The third kappa shape index (κ3) is 4.01. The van der Waals surface area contributed by atoms with Crippen molar-refractivity contribution in [2.24, 2.45) is 0 Å². The molecule has 0 radical (unpaired) electrons. The molecule has 3 N–H and O–H groups in total. The molecule has 0 aliphatic carbocycles. The number of sulfonamides is 1. The number of amides is 1. The van der Waals surface area contributed by atoms with Gasteiger partial charge in [0, 0.05) is 17.3 Å². The number of rotatable bonds is 5. The average molecular weight is 450 g/mol. The van der Waals surface area contributed by atoms with Gasteiger partial charge in [-0.25, -0.2) is 8.42 Å². The van der Waals surface area contributed by atoms with E-state index in [1.165, 1.54) is 12.1 Å². The van der Waals surface area contributed by atoms with E-state index in [1.807, 2.05) is 0 Å². The maximum absolute atomic E-state index is 12.9. The molecule has 1 unspecified atom stereocenters. The first-order valence-corrected chi connectivity index (χ1v) is 11.1. The molecule has 1 saturated heterocycles. The van der Waals surface area contributed by atoms with Crippen LogP contribution in [0.1, 0.15) is 6.92 Å². The molecule has 0 saturated carbocycles. The minimum absolute atomic E-state index is 0.000853. The normalized spacial score (nSPS) is 19.5. The average Bonchev–Trinajstić information content (AvgIpc) is 3.11. The Morgan fingerprint density at radius 1 is 1.20 bits per heavy atom. The lowest BCUT2D eigenvalue weighted by atomic mass is 10.1. The van der Waals surface area contributed by atoms with E-state index in [1.54, 1.807) is 43.5 Å². The molecule has 2 aromatic carbocycles. The summed E-state index contributed by atoms with van der Waals surface area (Å²) < 4.78 is 39.3. The summed E-state index contributed by atoms with van der Waals surface area (Å²) in [5, 5.41) is 3.91. The van der Waals surface area contributed by atoms with E-state index in [9.17, 15) is 13.2 Å². The van der Waals surface area contributed by atoms with Crippen molar-refractivity contribution >= 4 is 49.8 Å². The van der Waals surface area contributed by atoms with Crippen molar-refractivity contribution in [3.8, 4) is 0 Å². The molecule has 1 amide bonds. The van der Waals surface area contributed by atoms with Crippen LogP contribution in [0.5, 0.6) is 0 Å².